The largest absolute Gasteiger partial charge is 0.425 e. The van der Waals surface area contributed by atoms with Crippen LogP contribution in [0.3, 0.4) is 0 Å². The van der Waals surface area contributed by atoms with Crippen molar-refractivity contribution < 1.29 is 22.4 Å². The minimum atomic E-state index is -3.92. The van der Waals surface area contributed by atoms with E-state index in [4.69, 9.17) is 9.15 Å². The SMILES string of the molecule is CCCC[C@@H](NS(=O)(=O)c1ccc(C)cc1)C(=O)Oc1ccc2c(C)c(C)c(=O)oc2c1C. The third kappa shape index (κ3) is 5.34. The Hall–Kier alpha value is -2.97. The van der Waals surface area contributed by atoms with Gasteiger partial charge in [-0.25, -0.2) is 18.0 Å². The maximum absolute atomic E-state index is 13.0. The highest BCUT2D eigenvalue weighted by Gasteiger charge is 2.28. The number of ether oxygens (including phenoxy) is 1. The molecular formula is C25H29NO6S. The number of esters is 1. The first-order valence-corrected chi connectivity index (χ1v) is 12.4. The number of benzene rings is 2. The zero-order valence-corrected chi connectivity index (χ0v) is 20.3. The van der Waals surface area contributed by atoms with E-state index in [1.54, 1.807) is 38.1 Å². The minimum absolute atomic E-state index is 0.0805. The van der Waals surface area contributed by atoms with Gasteiger partial charge in [-0.3, -0.25) is 0 Å². The molecule has 0 spiro atoms. The van der Waals surface area contributed by atoms with Gasteiger partial charge in [0.1, 0.15) is 17.4 Å². The Kier molecular flexibility index (Phi) is 7.39. The van der Waals surface area contributed by atoms with Crippen LogP contribution in [0.15, 0.2) is 50.5 Å². The predicted octanol–water partition coefficient (Wildman–Crippen LogP) is 4.47. The number of fused-ring (bicyclic) bond motifs is 1. The van der Waals surface area contributed by atoms with Crippen LogP contribution in [0.4, 0.5) is 0 Å². The van der Waals surface area contributed by atoms with Gasteiger partial charge >= 0.3 is 11.6 Å². The van der Waals surface area contributed by atoms with Crippen LogP contribution in [-0.2, 0) is 14.8 Å². The van der Waals surface area contributed by atoms with Crippen molar-refractivity contribution in [3.05, 3.63) is 69.1 Å². The maximum Gasteiger partial charge on any atom is 0.339 e. The van der Waals surface area contributed by atoms with Crippen LogP contribution in [0.2, 0.25) is 0 Å². The quantitative estimate of drug-likeness (QED) is 0.295. The van der Waals surface area contributed by atoms with E-state index in [1.807, 2.05) is 20.8 Å². The van der Waals surface area contributed by atoms with E-state index in [-0.39, 0.29) is 10.6 Å². The molecular weight excluding hydrogens is 442 g/mol. The van der Waals surface area contributed by atoms with E-state index in [0.717, 1.165) is 22.9 Å². The summed E-state index contributed by atoms with van der Waals surface area (Å²) in [6, 6.07) is 8.70. The van der Waals surface area contributed by atoms with Gasteiger partial charge < -0.3 is 9.15 Å². The molecule has 0 aliphatic heterocycles. The van der Waals surface area contributed by atoms with Gasteiger partial charge in [-0.1, -0.05) is 37.5 Å². The topological polar surface area (TPSA) is 103 Å². The second kappa shape index (κ2) is 9.89. The average molecular weight is 472 g/mol. The Labute approximate surface area is 193 Å². The molecule has 2 aromatic carbocycles. The standard InChI is InChI=1S/C25H29NO6S/c1-6-7-8-21(26-33(29,30)19-11-9-15(2)10-12-19)25(28)31-22-14-13-20-16(3)17(4)24(27)32-23(20)18(22)5/h9-14,21,26H,6-8H2,1-5H3/t21-/m1/s1. The zero-order chi connectivity index (χ0) is 24.3. The van der Waals surface area contributed by atoms with Crippen LogP contribution in [0.1, 0.15) is 48.4 Å². The summed E-state index contributed by atoms with van der Waals surface area (Å²) in [6.45, 7) is 9.04. The fourth-order valence-corrected chi connectivity index (χ4v) is 4.74. The first kappa shape index (κ1) is 24.7. The Morgan fingerprint density at radius 3 is 2.30 bits per heavy atom. The lowest BCUT2D eigenvalue weighted by molar-refractivity contribution is -0.136. The summed E-state index contributed by atoms with van der Waals surface area (Å²) in [5.41, 5.74) is 2.65. The van der Waals surface area contributed by atoms with Crippen LogP contribution >= 0.6 is 0 Å². The summed E-state index contributed by atoms with van der Waals surface area (Å²) in [4.78, 5) is 25.2. The van der Waals surface area contributed by atoms with Gasteiger partial charge in [-0.2, -0.15) is 4.72 Å². The highest BCUT2D eigenvalue weighted by atomic mass is 32.2. The highest BCUT2D eigenvalue weighted by molar-refractivity contribution is 7.89. The molecule has 1 aromatic heterocycles. The van der Waals surface area contributed by atoms with E-state index >= 15 is 0 Å². The van der Waals surface area contributed by atoms with Gasteiger partial charge in [0.2, 0.25) is 10.0 Å². The molecule has 0 amide bonds. The zero-order valence-electron chi connectivity index (χ0n) is 19.5. The molecule has 0 aliphatic rings. The Bertz CT molecular complexity index is 1340. The van der Waals surface area contributed by atoms with Gasteiger partial charge in [0.25, 0.3) is 0 Å². The molecule has 176 valence electrons. The lowest BCUT2D eigenvalue weighted by atomic mass is 10.0. The molecule has 1 atom stereocenters. The van der Waals surface area contributed by atoms with Gasteiger partial charge in [-0.05, 0) is 63.9 Å². The molecule has 3 aromatic rings. The molecule has 3 rings (SSSR count). The molecule has 0 radical (unpaired) electrons. The van der Waals surface area contributed by atoms with Gasteiger partial charge in [0.05, 0.1) is 4.90 Å². The van der Waals surface area contributed by atoms with Crippen molar-refractivity contribution >= 4 is 27.0 Å². The molecule has 0 aliphatic carbocycles. The third-order valence-corrected chi connectivity index (χ3v) is 7.28. The number of aryl methyl sites for hydroxylation is 3. The number of hydrogen-bond acceptors (Lipinski definition) is 6. The van der Waals surface area contributed by atoms with Crippen molar-refractivity contribution in [2.75, 3.05) is 0 Å². The fourth-order valence-electron chi connectivity index (χ4n) is 3.52. The van der Waals surface area contributed by atoms with Crippen LogP contribution < -0.4 is 15.1 Å². The van der Waals surface area contributed by atoms with Crippen molar-refractivity contribution in [2.24, 2.45) is 0 Å². The van der Waals surface area contributed by atoms with Crippen molar-refractivity contribution in [1.29, 1.82) is 0 Å². The predicted molar refractivity (Wildman–Crippen MR) is 127 cm³/mol. The third-order valence-electron chi connectivity index (χ3n) is 5.79. The summed E-state index contributed by atoms with van der Waals surface area (Å²) in [5, 5.41) is 0.756. The van der Waals surface area contributed by atoms with Crippen LogP contribution in [0, 0.1) is 27.7 Å². The fraction of sp³-hybridized carbons (Fsp3) is 0.360. The molecule has 33 heavy (non-hydrogen) atoms. The van der Waals surface area contributed by atoms with E-state index in [1.165, 1.54) is 12.1 Å². The van der Waals surface area contributed by atoms with E-state index < -0.39 is 27.7 Å². The lowest BCUT2D eigenvalue weighted by Crippen LogP contribution is -2.43. The van der Waals surface area contributed by atoms with Crippen molar-refractivity contribution in [2.45, 2.75) is 64.8 Å². The molecule has 1 N–H and O–H groups in total. The number of carbonyl (C=O) groups is 1. The highest BCUT2D eigenvalue weighted by Crippen LogP contribution is 2.29. The van der Waals surface area contributed by atoms with Crippen LogP contribution in [0.25, 0.3) is 11.0 Å². The number of unbranched alkanes of at least 4 members (excludes halogenated alkanes) is 1. The normalized spacial score (nSPS) is 12.6. The second-order valence-electron chi connectivity index (χ2n) is 8.26. The van der Waals surface area contributed by atoms with Crippen molar-refractivity contribution in [3.63, 3.8) is 0 Å². The number of rotatable bonds is 8. The molecule has 1 heterocycles. The smallest absolute Gasteiger partial charge is 0.339 e. The molecule has 8 heteroatoms. The first-order valence-electron chi connectivity index (χ1n) is 10.9. The summed E-state index contributed by atoms with van der Waals surface area (Å²) in [5.74, 6) is -0.497. The van der Waals surface area contributed by atoms with Gasteiger partial charge in [0, 0.05) is 16.5 Å². The maximum atomic E-state index is 13.0. The summed E-state index contributed by atoms with van der Waals surface area (Å²) >= 11 is 0. The van der Waals surface area contributed by atoms with Gasteiger partial charge in [-0.15, -0.1) is 0 Å². The molecule has 0 saturated carbocycles. The molecule has 7 nitrogen and oxygen atoms in total. The Morgan fingerprint density at radius 1 is 1.00 bits per heavy atom. The Balaban J connectivity index is 1.90. The van der Waals surface area contributed by atoms with Crippen LogP contribution in [0.5, 0.6) is 5.75 Å². The molecule has 0 saturated heterocycles. The van der Waals surface area contributed by atoms with E-state index in [2.05, 4.69) is 4.72 Å². The number of nitrogens with one attached hydrogen (secondary N) is 1. The van der Waals surface area contributed by atoms with Crippen molar-refractivity contribution in [1.82, 2.24) is 4.72 Å². The van der Waals surface area contributed by atoms with Gasteiger partial charge in [0.15, 0.2) is 0 Å². The van der Waals surface area contributed by atoms with Crippen LogP contribution in [-0.4, -0.2) is 20.4 Å². The van der Waals surface area contributed by atoms with Crippen molar-refractivity contribution in [3.8, 4) is 5.75 Å². The molecule has 0 unspecified atom stereocenters. The molecule has 0 fully saturated rings. The molecule has 0 bridgehead atoms. The second-order valence-corrected chi connectivity index (χ2v) is 9.97. The van der Waals surface area contributed by atoms with E-state index in [9.17, 15) is 18.0 Å². The Morgan fingerprint density at radius 2 is 1.67 bits per heavy atom. The average Bonchev–Trinajstić information content (AvgIpc) is 2.77. The first-order chi connectivity index (χ1) is 15.5. The number of hydrogen-bond donors (Lipinski definition) is 1. The summed E-state index contributed by atoms with van der Waals surface area (Å²) in [6.07, 6.45) is 1.72. The lowest BCUT2D eigenvalue weighted by Gasteiger charge is -2.18. The minimum Gasteiger partial charge on any atom is -0.425 e. The number of sulfonamides is 1. The number of carbonyl (C=O) groups excluding carboxylic acids is 1. The monoisotopic (exact) mass is 471 g/mol. The summed E-state index contributed by atoms with van der Waals surface area (Å²) < 4.78 is 39.2. The van der Waals surface area contributed by atoms with E-state index in [0.29, 0.717) is 29.6 Å². The summed E-state index contributed by atoms with van der Waals surface area (Å²) in [7, 11) is -3.92.